The highest BCUT2D eigenvalue weighted by Crippen LogP contribution is 2.24. The number of rotatable bonds is 5. The van der Waals surface area contributed by atoms with Gasteiger partial charge in [0, 0.05) is 6.07 Å². The lowest BCUT2D eigenvalue weighted by Gasteiger charge is -2.09. The summed E-state index contributed by atoms with van der Waals surface area (Å²) in [7, 11) is 2.94. The Morgan fingerprint density at radius 2 is 2.06 bits per heavy atom. The number of aryl methyl sites for hydroxylation is 1. The molecular formula is C12H16O4. The number of benzene rings is 1. The van der Waals surface area contributed by atoms with Crippen molar-refractivity contribution in [3.05, 3.63) is 23.8 Å². The summed E-state index contributed by atoms with van der Waals surface area (Å²) >= 11 is 0. The first-order valence-electron chi connectivity index (χ1n) is 5.07. The highest BCUT2D eigenvalue weighted by atomic mass is 16.6. The van der Waals surface area contributed by atoms with Crippen molar-refractivity contribution in [1.29, 1.82) is 0 Å². The lowest BCUT2D eigenvalue weighted by atomic mass is 10.1. The SMILES string of the molecule is CCc1ccc(OCC(=O)OC)cc1OC. The molecule has 0 N–H and O–H groups in total. The molecule has 0 saturated heterocycles. The van der Waals surface area contributed by atoms with Crippen LogP contribution in [-0.4, -0.2) is 26.8 Å². The molecule has 88 valence electrons. The van der Waals surface area contributed by atoms with Gasteiger partial charge in [0.05, 0.1) is 14.2 Å². The number of methoxy groups -OCH3 is 2. The van der Waals surface area contributed by atoms with Crippen molar-refractivity contribution in [3.8, 4) is 11.5 Å². The van der Waals surface area contributed by atoms with Crippen molar-refractivity contribution in [2.75, 3.05) is 20.8 Å². The Hall–Kier alpha value is -1.71. The quantitative estimate of drug-likeness (QED) is 0.715. The third-order valence-electron chi connectivity index (χ3n) is 2.22. The largest absolute Gasteiger partial charge is 0.496 e. The summed E-state index contributed by atoms with van der Waals surface area (Å²) in [6, 6.07) is 5.50. The van der Waals surface area contributed by atoms with Crippen molar-refractivity contribution in [3.63, 3.8) is 0 Å². The van der Waals surface area contributed by atoms with Crippen LogP contribution in [0, 0.1) is 0 Å². The molecule has 4 heteroatoms. The van der Waals surface area contributed by atoms with Crippen LogP contribution in [0.4, 0.5) is 0 Å². The van der Waals surface area contributed by atoms with Gasteiger partial charge in [-0.1, -0.05) is 13.0 Å². The van der Waals surface area contributed by atoms with Crippen molar-refractivity contribution in [2.24, 2.45) is 0 Å². The lowest BCUT2D eigenvalue weighted by Crippen LogP contribution is -2.12. The van der Waals surface area contributed by atoms with Crippen molar-refractivity contribution < 1.29 is 19.0 Å². The smallest absolute Gasteiger partial charge is 0.343 e. The van der Waals surface area contributed by atoms with E-state index in [0.29, 0.717) is 5.75 Å². The normalized spacial score (nSPS) is 9.69. The Balaban J connectivity index is 2.71. The van der Waals surface area contributed by atoms with Crippen LogP contribution in [0.3, 0.4) is 0 Å². The zero-order valence-corrected chi connectivity index (χ0v) is 9.78. The average molecular weight is 224 g/mol. The second kappa shape index (κ2) is 6.00. The van der Waals surface area contributed by atoms with E-state index in [2.05, 4.69) is 4.74 Å². The molecule has 1 rings (SSSR count). The number of esters is 1. The summed E-state index contributed by atoms with van der Waals surface area (Å²) in [4.78, 5) is 10.9. The molecule has 1 aromatic carbocycles. The standard InChI is InChI=1S/C12H16O4/c1-4-9-5-6-10(7-11(9)14-2)16-8-12(13)15-3/h5-7H,4,8H2,1-3H3. The highest BCUT2D eigenvalue weighted by molar-refractivity contribution is 5.70. The van der Waals surface area contributed by atoms with Crippen LogP contribution in [0.25, 0.3) is 0 Å². The van der Waals surface area contributed by atoms with Gasteiger partial charge >= 0.3 is 5.97 Å². The lowest BCUT2D eigenvalue weighted by molar-refractivity contribution is -0.142. The molecule has 0 spiro atoms. The molecule has 4 nitrogen and oxygen atoms in total. The van der Waals surface area contributed by atoms with Gasteiger partial charge in [-0.3, -0.25) is 0 Å². The average Bonchev–Trinajstić information content (AvgIpc) is 2.35. The Kier molecular flexibility index (Phi) is 4.64. The maximum atomic E-state index is 10.9. The van der Waals surface area contributed by atoms with Crippen LogP contribution in [0.1, 0.15) is 12.5 Å². The first-order valence-corrected chi connectivity index (χ1v) is 5.07. The van der Waals surface area contributed by atoms with Crippen molar-refractivity contribution in [2.45, 2.75) is 13.3 Å². The van der Waals surface area contributed by atoms with E-state index < -0.39 is 5.97 Å². The fraction of sp³-hybridized carbons (Fsp3) is 0.417. The van der Waals surface area contributed by atoms with Crippen LogP contribution in [0.2, 0.25) is 0 Å². The van der Waals surface area contributed by atoms with E-state index in [1.165, 1.54) is 7.11 Å². The van der Waals surface area contributed by atoms with E-state index in [-0.39, 0.29) is 6.61 Å². The second-order valence-corrected chi connectivity index (χ2v) is 3.19. The minimum Gasteiger partial charge on any atom is -0.496 e. The van der Waals surface area contributed by atoms with Crippen LogP contribution in [0.5, 0.6) is 11.5 Å². The molecule has 0 aromatic heterocycles. The Morgan fingerprint density at radius 1 is 1.31 bits per heavy atom. The first-order chi connectivity index (χ1) is 7.71. The molecular weight excluding hydrogens is 208 g/mol. The minimum absolute atomic E-state index is 0.0921. The molecule has 0 bridgehead atoms. The van der Waals surface area contributed by atoms with Gasteiger partial charge in [0.15, 0.2) is 6.61 Å². The van der Waals surface area contributed by atoms with Gasteiger partial charge in [-0.2, -0.15) is 0 Å². The predicted molar refractivity (Wildman–Crippen MR) is 59.9 cm³/mol. The van der Waals surface area contributed by atoms with E-state index in [9.17, 15) is 4.79 Å². The van der Waals surface area contributed by atoms with E-state index in [4.69, 9.17) is 9.47 Å². The van der Waals surface area contributed by atoms with Gasteiger partial charge in [-0.05, 0) is 18.1 Å². The predicted octanol–water partition coefficient (Wildman–Crippen LogP) is 1.81. The molecule has 0 aliphatic carbocycles. The Morgan fingerprint density at radius 3 is 2.62 bits per heavy atom. The second-order valence-electron chi connectivity index (χ2n) is 3.19. The third kappa shape index (κ3) is 3.15. The van der Waals surface area contributed by atoms with E-state index >= 15 is 0 Å². The van der Waals surface area contributed by atoms with Gasteiger partial charge in [0.25, 0.3) is 0 Å². The van der Waals surface area contributed by atoms with Crippen LogP contribution in [0.15, 0.2) is 18.2 Å². The molecule has 0 aliphatic rings. The maximum Gasteiger partial charge on any atom is 0.343 e. The molecule has 0 unspecified atom stereocenters. The number of carbonyl (C=O) groups excluding carboxylic acids is 1. The molecule has 0 fully saturated rings. The zero-order valence-electron chi connectivity index (χ0n) is 9.78. The maximum absolute atomic E-state index is 10.9. The number of carbonyl (C=O) groups is 1. The van der Waals surface area contributed by atoms with E-state index in [1.54, 1.807) is 13.2 Å². The van der Waals surface area contributed by atoms with Gasteiger partial charge in [0.2, 0.25) is 0 Å². The number of hydrogen-bond acceptors (Lipinski definition) is 4. The van der Waals surface area contributed by atoms with Crippen LogP contribution < -0.4 is 9.47 Å². The fourth-order valence-corrected chi connectivity index (χ4v) is 1.31. The molecule has 0 amide bonds. The van der Waals surface area contributed by atoms with Gasteiger partial charge < -0.3 is 14.2 Å². The van der Waals surface area contributed by atoms with Crippen molar-refractivity contribution >= 4 is 5.97 Å². The monoisotopic (exact) mass is 224 g/mol. The zero-order chi connectivity index (χ0) is 12.0. The summed E-state index contributed by atoms with van der Waals surface area (Å²) in [6.07, 6.45) is 0.889. The molecule has 0 radical (unpaired) electrons. The van der Waals surface area contributed by atoms with Crippen LogP contribution in [-0.2, 0) is 16.0 Å². The number of hydrogen-bond donors (Lipinski definition) is 0. The minimum atomic E-state index is -0.404. The fourth-order valence-electron chi connectivity index (χ4n) is 1.31. The summed E-state index contributed by atoms with van der Waals surface area (Å²) in [5.41, 5.74) is 1.10. The molecule has 1 aromatic rings. The molecule has 0 heterocycles. The van der Waals surface area contributed by atoms with E-state index in [0.717, 1.165) is 17.7 Å². The van der Waals surface area contributed by atoms with Gasteiger partial charge in [-0.15, -0.1) is 0 Å². The van der Waals surface area contributed by atoms with Gasteiger partial charge in [-0.25, -0.2) is 4.79 Å². The molecule has 0 atom stereocenters. The molecule has 16 heavy (non-hydrogen) atoms. The van der Waals surface area contributed by atoms with E-state index in [1.807, 2.05) is 19.1 Å². The first kappa shape index (κ1) is 12.4. The summed E-state index contributed by atoms with van der Waals surface area (Å²) in [5, 5.41) is 0. The molecule has 0 saturated carbocycles. The summed E-state index contributed by atoms with van der Waals surface area (Å²) in [6.45, 7) is 1.96. The van der Waals surface area contributed by atoms with Gasteiger partial charge in [0.1, 0.15) is 11.5 Å². The summed E-state index contributed by atoms with van der Waals surface area (Å²) < 4.78 is 14.9. The van der Waals surface area contributed by atoms with Crippen molar-refractivity contribution in [1.82, 2.24) is 0 Å². The highest BCUT2D eigenvalue weighted by Gasteiger charge is 2.05. The number of ether oxygens (including phenoxy) is 3. The Labute approximate surface area is 95.1 Å². The van der Waals surface area contributed by atoms with Crippen LogP contribution >= 0.6 is 0 Å². The molecule has 0 aliphatic heterocycles. The summed E-state index contributed by atoms with van der Waals surface area (Å²) in [5.74, 6) is 0.961. The topological polar surface area (TPSA) is 44.8 Å². The Bertz CT molecular complexity index is 360. The third-order valence-corrected chi connectivity index (χ3v) is 2.22.